The number of rotatable bonds is 12. The van der Waals surface area contributed by atoms with Gasteiger partial charge in [0.25, 0.3) is 0 Å². The lowest BCUT2D eigenvalue weighted by molar-refractivity contribution is -0.382. The Kier molecular flexibility index (Phi) is 13.5. The molecule has 17 nitrogen and oxygen atoms in total. The Hall–Kier alpha value is -0.680. The monoisotopic (exact) mass is 632 g/mol. The van der Waals surface area contributed by atoms with Crippen molar-refractivity contribution in [3.05, 3.63) is 0 Å². The molecule has 0 aromatic carbocycles. The highest BCUT2D eigenvalue weighted by molar-refractivity contribution is 4.96. The predicted molar refractivity (Wildman–Crippen MR) is 140 cm³/mol. The summed E-state index contributed by atoms with van der Waals surface area (Å²) in [6.45, 7) is 5.98. The Labute approximate surface area is 249 Å². The molecule has 19 atom stereocenters. The molecule has 3 aliphatic rings. The zero-order valence-corrected chi connectivity index (χ0v) is 25.0. The highest BCUT2D eigenvalue weighted by Gasteiger charge is 2.53. The normalized spacial score (nSPS) is 47.1. The third-order valence-corrected chi connectivity index (χ3v) is 8.17. The van der Waals surface area contributed by atoms with E-state index in [4.69, 9.17) is 37.9 Å². The maximum absolute atomic E-state index is 11.2. The first-order valence-electron chi connectivity index (χ1n) is 14.3. The van der Waals surface area contributed by atoms with Crippen LogP contribution in [0.2, 0.25) is 0 Å². The van der Waals surface area contributed by atoms with E-state index in [1.807, 2.05) is 0 Å². The molecular formula is C26H48O17. The minimum Gasteiger partial charge on any atom is -0.390 e. The fraction of sp³-hybridized carbons (Fsp3) is 1.00. The molecule has 254 valence electrons. The number of methoxy groups -OCH3 is 2. The summed E-state index contributed by atoms with van der Waals surface area (Å²) in [5, 5.41) is 95.3. The number of aliphatic hydroxyl groups is 9. The molecular weight excluding hydrogens is 584 g/mol. The summed E-state index contributed by atoms with van der Waals surface area (Å²) in [6.07, 6.45) is -27.0. The fourth-order valence-corrected chi connectivity index (χ4v) is 5.28. The Morgan fingerprint density at radius 3 is 1.58 bits per heavy atom. The van der Waals surface area contributed by atoms with Crippen molar-refractivity contribution in [2.75, 3.05) is 14.2 Å². The molecule has 0 saturated carbocycles. The predicted octanol–water partition coefficient (Wildman–Crippen LogP) is -4.35. The van der Waals surface area contributed by atoms with Crippen molar-refractivity contribution in [3.8, 4) is 0 Å². The minimum absolute atomic E-state index is 0.103. The van der Waals surface area contributed by atoms with Crippen molar-refractivity contribution in [2.45, 2.75) is 151 Å². The van der Waals surface area contributed by atoms with E-state index in [1.54, 1.807) is 6.92 Å². The second-order valence-electron chi connectivity index (χ2n) is 11.2. The SMILES string of the molecule is CC[C@@H](O)[C@H](O)C(O[C@H]1OC(C)[C@@H](O)[C@H](O[C@H]2OC(C)[C@@H](O)C(O[C@H]3OC(C)[C@@H](O)C(O)[C@H]3OC)[C@H]2O)C1O)[C@H](O)OC. The van der Waals surface area contributed by atoms with Crippen LogP contribution < -0.4 is 0 Å². The van der Waals surface area contributed by atoms with Crippen LogP contribution in [-0.4, -0.2) is 177 Å². The van der Waals surface area contributed by atoms with Crippen molar-refractivity contribution in [2.24, 2.45) is 0 Å². The van der Waals surface area contributed by atoms with Crippen molar-refractivity contribution in [1.29, 1.82) is 0 Å². The average Bonchev–Trinajstić information content (AvgIpc) is 2.98. The van der Waals surface area contributed by atoms with E-state index in [1.165, 1.54) is 27.9 Å². The molecule has 0 aromatic rings. The first-order valence-corrected chi connectivity index (χ1v) is 14.3. The lowest BCUT2D eigenvalue weighted by atomic mass is 9.96. The molecule has 3 aliphatic heterocycles. The summed E-state index contributed by atoms with van der Waals surface area (Å²) in [7, 11) is 2.39. The minimum atomic E-state index is -1.79. The number of hydrogen-bond donors (Lipinski definition) is 9. The van der Waals surface area contributed by atoms with Crippen molar-refractivity contribution < 1.29 is 83.9 Å². The third kappa shape index (κ3) is 8.01. The second kappa shape index (κ2) is 15.7. The van der Waals surface area contributed by atoms with Gasteiger partial charge in [0.05, 0.1) is 24.4 Å². The standard InChI is InChI=1S/C26H48O17/c1-7-11(27)15(31)21(23(35)37-6)43-25-17(33)19(13(29)9(3)39-25)41-24-18(34)20(14(30)10(4)38-24)42-26-22(36-5)16(32)12(28)8(2)40-26/h8-35H,7H2,1-6H3/t8?,9?,10?,11-,12-,13-,14-,15+,16?,17?,18-,19+,20?,21?,22-,23-,24-,25-,26-/m1/s1. The van der Waals surface area contributed by atoms with Gasteiger partial charge in [0, 0.05) is 14.2 Å². The van der Waals surface area contributed by atoms with Crippen LogP contribution in [0.1, 0.15) is 34.1 Å². The number of ether oxygens (including phenoxy) is 8. The van der Waals surface area contributed by atoms with Gasteiger partial charge in [0.2, 0.25) is 0 Å². The first kappa shape index (κ1) is 36.8. The Morgan fingerprint density at radius 1 is 0.605 bits per heavy atom. The summed E-state index contributed by atoms with van der Waals surface area (Å²) in [6, 6.07) is 0. The molecule has 3 saturated heterocycles. The summed E-state index contributed by atoms with van der Waals surface area (Å²) >= 11 is 0. The third-order valence-electron chi connectivity index (χ3n) is 8.17. The van der Waals surface area contributed by atoms with Gasteiger partial charge in [-0.1, -0.05) is 6.92 Å². The molecule has 0 aliphatic carbocycles. The average molecular weight is 633 g/mol. The molecule has 43 heavy (non-hydrogen) atoms. The van der Waals surface area contributed by atoms with Crippen LogP contribution in [0.15, 0.2) is 0 Å². The van der Waals surface area contributed by atoms with Gasteiger partial charge in [-0.25, -0.2) is 0 Å². The molecule has 9 N–H and O–H groups in total. The molecule has 17 heteroatoms. The van der Waals surface area contributed by atoms with Crippen LogP contribution in [0, 0.1) is 0 Å². The van der Waals surface area contributed by atoms with Gasteiger partial charge in [-0.05, 0) is 27.2 Å². The molecule has 0 amide bonds. The largest absolute Gasteiger partial charge is 0.390 e. The van der Waals surface area contributed by atoms with Crippen molar-refractivity contribution in [1.82, 2.24) is 0 Å². The highest BCUT2D eigenvalue weighted by Crippen LogP contribution is 2.33. The zero-order chi connectivity index (χ0) is 32.3. The van der Waals surface area contributed by atoms with E-state index >= 15 is 0 Å². The highest BCUT2D eigenvalue weighted by atomic mass is 16.8. The second-order valence-corrected chi connectivity index (χ2v) is 11.2. The van der Waals surface area contributed by atoms with Crippen LogP contribution in [-0.2, 0) is 37.9 Å². The molecule has 0 radical (unpaired) electrons. The molecule has 0 spiro atoms. The molecule has 7 unspecified atom stereocenters. The van der Waals surface area contributed by atoms with Gasteiger partial charge in [-0.15, -0.1) is 0 Å². The van der Waals surface area contributed by atoms with Crippen LogP contribution in [0.4, 0.5) is 0 Å². The summed E-state index contributed by atoms with van der Waals surface area (Å²) < 4.78 is 44.2. The van der Waals surface area contributed by atoms with Gasteiger partial charge in [-0.3, -0.25) is 0 Å². The maximum atomic E-state index is 11.2. The summed E-state index contributed by atoms with van der Waals surface area (Å²) in [5.74, 6) is 0. The molecule has 3 heterocycles. The van der Waals surface area contributed by atoms with Gasteiger partial charge >= 0.3 is 0 Å². The van der Waals surface area contributed by atoms with Gasteiger partial charge < -0.3 is 83.9 Å². The number of hydrogen-bond acceptors (Lipinski definition) is 17. The van der Waals surface area contributed by atoms with Crippen LogP contribution in [0.5, 0.6) is 0 Å². The van der Waals surface area contributed by atoms with Gasteiger partial charge in [-0.2, -0.15) is 0 Å². The summed E-state index contributed by atoms with van der Waals surface area (Å²) in [4.78, 5) is 0. The van der Waals surface area contributed by atoms with E-state index in [2.05, 4.69) is 0 Å². The Morgan fingerprint density at radius 2 is 1.07 bits per heavy atom. The van der Waals surface area contributed by atoms with Crippen LogP contribution in [0.25, 0.3) is 0 Å². The van der Waals surface area contributed by atoms with Crippen molar-refractivity contribution in [3.63, 3.8) is 0 Å². The Balaban J connectivity index is 1.78. The zero-order valence-electron chi connectivity index (χ0n) is 25.0. The lowest BCUT2D eigenvalue weighted by Gasteiger charge is -2.48. The maximum Gasteiger partial charge on any atom is 0.187 e. The van der Waals surface area contributed by atoms with E-state index in [-0.39, 0.29) is 6.42 Å². The van der Waals surface area contributed by atoms with E-state index in [9.17, 15) is 46.0 Å². The quantitative estimate of drug-likeness (QED) is 0.0921. The van der Waals surface area contributed by atoms with E-state index < -0.39 is 117 Å². The van der Waals surface area contributed by atoms with Crippen LogP contribution in [0.3, 0.4) is 0 Å². The van der Waals surface area contributed by atoms with Crippen molar-refractivity contribution >= 4 is 0 Å². The number of aliphatic hydroxyl groups excluding tert-OH is 9. The molecule has 0 bridgehead atoms. The van der Waals surface area contributed by atoms with E-state index in [0.717, 1.165) is 7.11 Å². The van der Waals surface area contributed by atoms with Gasteiger partial charge in [0.15, 0.2) is 25.2 Å². The summed E-state index contributed by atoms with van der Waals surface area (Å²) in [5.41, 5.74) is 0. The Bertz CT molecular complexity index is 839. The van der Waals surface area contributed by atoms with Crippen LogP contribution >= 0.6 is 0 Å². The topological polar surface area (TPSA) is 256 Å². The first-order chi connectivity index (χ1) is 20.2. The molecule has 3 rings (SSSR count). The molecule has 3 fully saturated rings. The smallest absolute Gasteiger partial charge is 0.187 e. The lowest BCUT2D eigenvalue weighted by Crippen LogP contribution is -2.66. The fourth-order valence-electron chi connectivity index (χ4n) is 5.28. The molecule has 0 aromatic heterocycles. The van der Waals surface area contributed by atoms with E-state index in [0.29, 0.717) is 0 Å². The van der Waals surface area contributed by atoms with Gasteiger partial charge in [0.1, 0.15) is 67.1 Å².